The highest BCUT2D eigenvalue weighted by atomic mass is 32.1. The molecule has 0 unspecified atom stereocenters. The minimum absolute atomic E-state index is 0.660. The Morgan fingerprint density at radius 1 is 0.429 bits per heavy atom. The predicted molar refractivity (Wildman–Crippen MR) is 201 cm³/mol. The van der Waals surface area contributed by atoms with Gasteiger partial charge in [-0.2, -0.15) is 0 Å². The van der Waals surface area contributed by atoms with Crippen molar-refractivity contribution in [3.8, 4) is 0 Å². The Labute approximate surface area is 278 Å². The van der Waals surface area contributed by atoms with Gasteiger partial charge in [-0.1, -0.05) is 155 Å². The zero-order valence-electron chi connectivity index (χ0n) is 30.1. The molecule has 0 aromatic rings. The summed E-state index contributed by atoms with van der Waals surface area (Å²) in [6.45, 7) is 17.8. The molecule has 4 heteroatoms. The van der Waals surface area contributed by atoms with E-state index >= 15 is 0 Å². The Hall–Kier alpha value is 0.0700. The summed E-state index contributed by atoms with van der Waals surface area (Å²) < 4.78 is 2.02. The quantitative estimate of drug-likeness (QED) is 0.0325. The Balaban J connectivity index is 0. The van der Waals surface area contributed by atoms with E-state index in [9.17, 15) is 0 Å². The van der Waals surface area contributed by atoms with E-state index in [1.165, 1.54) is 191 Å². The number of unbranched alkanes of at least 4 members (excludes halogenated alkanes) is 21. The molecule has 0 bridgehead atoms. The van der Waals surface area contributed by atoms with Gasteiger partial charge in [-0.15, -0.1) is 0 Å². The molecule has 0 atom stereocenters. The number of nitrogens with zero attached hydrogens (tertiary/aromatic N) is 2. The Kier molecular flexibility index (Phi) is 37.4. The van der Waals surface area contributed by atoms with E-state index in [-0.39, 0.29) is 0 Å². The van der Waals surface area contributed by atoms with Gasteiger partial charge in [0.15, 0.2) is 0 Å². The van der Waals surface area contributed by atoms with Gasteiger partial charge in [0.05, 0.1) is 26.7 Å². The number of hydrogen-bond donors (Lipinski definition) is 0. The van der Waals surface area contributed by atoms with Gasteiger partial charge in [-0.25, -0.2) is 0 Å². The molecule has 0 aliphatic heterocycles. The van der Waals surface area contributed by atoms with Crippen LogP contribution >= 0.6 is 12.2 Å². The van der Waals surface area contributed by atoms with E-state index in [0.717, 1.165) is 13.1 Å². The lowest BCUT2D eigenvalue weighted by atomic mass is 10.1. The summed E-state index contributed by atoms with van der Waals surface area (Å²) in [7, 11) is 2.56. The maximum atomic E-state index is 5.11. The molecule has 254 valence electrons. The summed E-state index contributed by atoms with van der Waals surface area (Å²) in [5, 5.41) is 0. The van der Waals surface area contributed by atoms with E-state index in [1.807, 2.05) is 0 Å². The molecule has 0 aliphatic rings. The van der Waals surface area contributed by atoms with Crippen LogP contribution in [0.3, 0.4) is 0 Å². The Morgan fingerprint density at radius 3 is 0.929 bits per heavy atom. The summed E-state index contributed by atoms with van der Waals surface area (Å²) in [5.74, 6) is 0. The van der Waals surface area contributed by atoms with Crippen LogP contribution < -0.4 is 0 Å². The number of hydrogen-bond acceptors (Lipinski definition) is 2. The Bertz CT molecular complexity index is 472. The molecule has 0 saturated carbocycles. The predicted octanol–water partition coefficient (Wildman–Crippen LogP) is 12.8. The molecule has 0 rings (SSSR count). The molecule has 0 aromatic heterocycles. The molecule has 2 nitrogen and oxygen atoms in total. The van der Waals surface area contributed by atoms with Crippen LogP contribution in [-0.2, 0) is 12.6 Å². The molecule has 0 fully saturated rings. The standard InChI is InChI=1S/C25H54N.C13H27NS2/c1-5-8-11-14-17-20-23-26(4,24-21-18-15-12-9-6-2)25-22-19-16-13-10-7-3;1-3-5-7-9-11-14(13(15)16)12-10-8-6-4-2/h5-25H2,1-4H3;3-12H2,1-2H3,(H,15,16)/q+1;/p-1. The minimum Gasteiger partial charge on any atom is -0.411 e. The molecule has 0 aliphatic carbocycles. The van der Waals surface area contributed by atoms with E-state index in [4.69, 9.17) is 24.8 Å². The molecule has 0 amide bonds. The van der Waals surface area contributed by atoms with E-state index in [1.54, 1.807) is 0 Å². The maximum absolute atomic E-state index is 5.11. The average molecular weight is 629 g/mol. The highest BCUT2D eigenvalue weighted by molar-refractivity contribution is 8.00. The van der Waals surface area contributed by atoms with Crippen LogP contribution in [0.1, 0.15) is 202 Å². The second kappa shape index (κ2) is 35.5. The zero-order chi connectivity index (χ0) is 31.6. The fourth-order valence-corrected chi connectivity index (χ4v) is 6.28. The van der Waals surface area contributed by atoms with Crippen molar-refractivity contribution < 1.29 is 4.48 Å². The topological polar surface area (TPSA) is 3.24 Å². The van der Waals surface area contributed by atoms with Gasteiger partial charge in [0, 0.05) is 13.1 Å². The first-order chi connectivity index (χ1) is 20.4. The van der Waals surface area contributed by atoms with Crippen molar-refractivity contribution in [2.24, 2.45) is 0 Å². The highest BCUT2D eigenvalue weighted by Gasteiger charge is 2.20. The smallest absolute Gasteiger partial charge is 0.0784 e. The van der Waals surface area contributed by atoms with Crippen molar-refractivity contribution in [3.05, 3.63) is 0 Å². The van der Waals surface area contributed by atoms with Crippen LogP contribution in [0.15, 0.2) is 0 Å². The van der Waals surface area contributed by atoms with Crippen LogP contribution in [0.4, 0.5) is 0 Å². The third-order valence-corrected chi connectivity index (χ3v) is 9.49. The molecule has 42 heavy (non-hydrogen) atoms. The summed E-state index contributed by atoms with van der Waals surface area (Å²) in [6.07, 6.45) is 36.2. The van der Waals surface area contributed by atoms with Crippen molar-refractivity contribution in [2.45, 2.75) is 202 Å². The SMILES string of the molecule is CCCCCCCC[N+](C)(CCCCCCCC)CCCCCCCC.CCCCCCN(CCCCCC)C(=S)[S-]. The van der Waals surface area contributed by atoms with Crippen LogP contribution in [0.2, 0.25) is 0 Å². The summed E-state index contributed by atoms with van der Waals surface area (Å²) in [4.78, 5) is 2.20. The average Bonchev–Trinajstić information content (AvgIpc) is 2.98. The number of rotatable bonds is 31. The molecule has 0 radical (unpaired) electrons. The molecular weight excluding hydrogens is 549 g/mol. The van der Waals surface area contributed by atoms with Crippen LogP contribution in [0, 0.1) is 0 Å². The van der Waals surface area contributed by atoms with Crippen molar-refractivity contribution in [1.82, 2.24) is 4.90 Å². The summed E-state index contributed by atoms with van der Waals surface area (Å²) in [6, 6.07) is 0. The fourth-order valence-electron chi connectivity index (χ4n) is 5.91. The monoisotopic (exact) mass is 629 g/mol. The third kappa shape index (κ3) is 33.0. The van der Waals surface area contributed by atoms with Crippen molar-refractivity contribution >= 4 is 29.2 Å². The zero-order valence-corrected chi connectivity index (χ0v) is 31.8. The number of quaternary nitrogens is 1. The van der Waals surface area contributed by atoms with Crippen molar-refractivity contribution in [3.63, 3.8) is 0 Å². The van der Waals surface area contributed by atoms with Crippen LogP contribution in [-0.4, -0.2) is 53.5 Å². The normalized spacial score (nSPS) is 11.4. The lowest BCUT2D eigenvalue weighted by Crippen LogP contribution is -2.46. The van der Waals surface area contributed by atoms with Crippen LogP contribution in [0.5, 0.6) is 0 Å². The first-order valence-corrected chi connectivity index (χ1v) is 20.0. The molecular formula is C38H80N2S2. The molecule has 0 N–H and O–H groups in total. The second-order valence-corrected chi connectivity index (χ2v) is 14.5. The first-order valence-electron chi connectivity index (χ1n) is 19.2. The minimum atomic E-state index is 0.660. The lowest BCUT2D eigenvalue weighted by Gasteiger charge is -2.35. The van der Waals surface area contributed by atoms with Gasteiger partial charge in [-0.05, 0) is 51.4 Å². The molecule has 0 saturated heterocycles. The van der Waals surface area contributed by atoms with Crippen LogP contribution in [0.25, 0.3) is 0 Å². The van der Waals surface area contributed by atoms with Gasteiger partial charge in [-0.3, -0.25) is 0 Å². The Morgan fingerprint density at radius 2 is 0.667 bits per heavy atom. The second-order valence-electron chi connectivity index (χ2n) is 13.5. The third-order valence-electron chi connectivity index (χ3n) is 8.98. The van der Waals surface area contributed by atoms with Crippen molar-refractivity contribution in [2.75, 3.05) is 39.8 Å². The van der Waals surface area contributed by atoms with Gasteiger partial charge >= 0.3 is 0 Å². The summed E-state index contributed by atoms with van der Waals surface area (Å²) in [5.41, 5.74) is 0. The molecule has 0 spiro atoms. The van der Waals surface area contributed by atoms with Gasteiger partial charge in [0.25, 0.3) is 0 Å². The maximum Gasteiger partial charge on any atom is 0.0784 e. The molecule has 0 aromatic carbocycles. The van der Waals surface area contributed by atoms with E-state index < -0.39 is 0 Å². The largest absolute Gasteiger partial charge is 0.411 e. The molecule has 0 heterocycles. The summed E-state index contributed by atoms with van der Waals surface area (Å²) >= 11 is 10.2. The van der Waals surface area contributed by atoms with E-state index in [0.29, 0.717) is 4.32 Å². The lowest BCUT2D eigenvalue weighted by molar-refractivity contribution is -0.910. The van der Waals surface area contributed by atoms with Crippen molar-refractivity contribution in [1.29, 1.82) is 0 Å². The van der Waals surface area contributed by atoms with Gasteiger partial charge < -0.3 is 34.2 Å². The highest BCUT2D eigenvalue weighted by Crippen LogP contribution is 2.16. The first kappa shape index (κ1) is 44.2. The fraction of sp³-hybridized carbons (Fsp3) is 0.974. The van der Waals surface area contributed by atoms with Gasteiger partial charge in [0.2, 0.25) is 0 Å². The van der Waals surface area contributed by atoms with E-state index in [2.05, 4.69) is 46.6 Å². The van der Waals surface area contributed by atoms with Gasteiger partial charge in [0.1, 0.15) is 0 Å². The number of thiocarbonyl (C=S) groups is 1.